The summed E-state index contributed by atoms with van der Waals surface area (Å²) in [4.78, 5) is 29.8. The van der Waals surface area contributed by atoms with Crippen molar-refractivity contribution in [2.75, 3.05) is 14.2 Å². The SMILES string of the molecule is COc1ccc(C(=O)c2ccccc2OC)c(CC(=O)Cc2nccs2)c1. The van der Waals surface area contributed by atoms with Crippen LogP contribution in [0.15, 0.2) is 54.0 Å². The van der Waals surface area contributed by atoms with Gasteiger partial charge in [0, 0.05) is 23.6 Å². The Bertz CT molecular complexity index is 951. The quantitative estimate of drug-likeness (QED) is 0.556. The van der Waals surface area contributed by atoms with Crippen molar-refractivity contribution in [1.29, 1.82) is 0 Å². The van der Waals surface area contributed by atoms with Crippen molar-refractivity contribution in [2.45, 2.75) is 12.8 Å². The molecule has 0 fully saturated rings. The van der Waals surface area contributed by atoms with Gasteiger partial charge in [0.25, 0.3) is 0 Å². The van der Waals surface area contributed by atoms with Gasteiger partial charge in [-0.3, -0.25) is 9.59 Å². The van der Waals surface area contributed by atoms with Gasteiger partial charge >= 0.3 is 0 Å². The fourth-order valence-electron chi connectivity index (χ4n) is 2.83. The van der Waals surface area contributed by atoms with Gasteiger partial charge in [-0.05, 0) is 35.9 Å². The maximum Gasteiger partial charge on any atom is 0.197 e. The van der Waals surface area contributed by atoms with Gasteiger partial charge in [-0.25, -0.2) is 4.98 Å². The third-order valence-corrected chi connectivity index (χ3v) is 4.91. The predicted octanol–water partition coefficient (Wildman–Crippen LogP) is 3.75. The summed E-state index contributed by atoms with van der Waals surface area (Å²) < 4.78 is 10.6. The fraction of sp³-hybridized carbons (Fsp3) is 0.190. The van der Waals surface area contributed by atoms with Crippen molar-refractivity contribution in [3.63, 3.8) is 0 Å². The predicted molar refractivity (Wildman–Crippen MR) is 104 cm³/mol. The molecule has 0 aliphatic heterocycles. The minimum absolute atomic E-state index is 0.00715. The molecule has 0 bridgehead atoms. The van der Waals surface area contributed by atoms with Gasteiger partial charge in [0.05, 0.1) is 31.2 Å². The van der Waals surface area contributed by atoms with E-state index < -0.39 is 0 Å². The highest BCUT2D eigenvalue weighted by Crippen LogP contribution is 2.26. The van der Waals surface area contributed by atoms with Crippen LogP contribution in [0.5, 0.6) is 11.5 Å². The molecule has 0 aliphatic carbocycles. The van der Waals surface area contributed by atoms with Crippen LogP contribution in [0.25, 0.3) is 0 Å². The van der Waals surface area contributed by atoms with Gasteiger partial charge in [-0.2, -0.15) is 0 Å². The molecule has 3 aromatic rings. The first-order valence-electron chi connectivity index (χ1n) is 8.37. The van der Waals surface area contributed by atoms with Gasteiger partial charge in [0.15, 0.2) is 5.78 Å². The molecule has 0 saturated carbocycles. The van der Waals surface area contributed by atoms with E-state index in [1.165, 1.54) is 18.4 Å². The number of aromatic nitrogens is 1. The molecule has 0 amide bonds. The van der Waals surface area contributed by atoms with Crippen molar-refractivity contribution >= 4 is 22.9 Å². The van der Waals surface area contributed by atoms with E-state index in [4.69, 9.17) is 9.47 Å². The van der Waals surface area contributed by atoms with Gasteiger partial charge < -0.3 is 9.47 Å². The number of methoxy groups -OCH3 is 2. The first-order valence-corrected chi connectivity index (χ1v) is 9.25. The highest BCUT2D eigenvalue weighted by molar-refractivity contribution is 7.09. The largest absolute Gasteiger partial charge is 0.497 e. The average molecular weight is 381 g/mol. The third kappa shape index (κ3) is 4.41. The standard InChI is InChI=1S/C21H19NO4S/c1-25-16-7-8-17(21(24)18-5-3-4-6-19(18)26-2)14(12-16)11-15(23)13-20-22-9-10-27-20/h3-10,12H,11,13H2,1-2H3. The third-order valence-electron chi connectivity index (χ3n) is 4.13. The molecule has 6 heteroatoms. The highest BCUT2D eigenvalue weighted by atomic mass is 32.1. The van der Waals surface area contributed by atoms with Crippen molar-refractivity contribution in [1.82, 2.24) is 4.98 Å². The number of carbonyl (C=O) groups excluding carboxylic acids is 2. The molecule has 0 N–H and O–H groups in total. The zero-order chi connectivity index (χ0) is 19.2. The summed E-state index contributed by atoms with van der Waals surface area (Å²) in [5.74, 6) is 0.904. The molecule has 0 saturated heterocycles. The zero-order valence-corrected chi connectivity index (χ0v) is 15.9. The van der Waals surface area contributed by atoms with E-state index >= 15 is 0 Å². The van der Waals surface area contributed by atoms with Crippen LogP contribution < -0.4 is 9.47 Å². The average Bonchev–Trinajstić information content (AvgIpc) is 3.20. The Morgan fingerprint density at radius 2 is 1.81 bits per heavy atom. The molecular weight excluding hydrogens is 362 g/mol. The number of rotatable bonds is 8. The Morgan fingerprint density at radius 1 is 1.00 bits per heavy atom. The lowest BCUT2D eigenvalue weighted by Crippen LogP contribution is -2.12. The summed E-state index contributed by atoms with van der Waals surface area (Å²) >= 11 is 1.44. The molecular formula is C21H19NO4S. The van der Waals surface area contributed by atoms with Crippen LogP contribution in [0.1, 0.15) is 26.5 Å². The Morgan fingerprint density at radius 3 is 2.52 bits per heavy atom. The summed E-state index contributed by atoms with van der Waals surface area (Å²) in [6.45, 7) is 0. The lowest BCUT2D eigenvalue weighted by atomic mass is 9.94. The first kappa shape index (κ1) is 18.8. The van der Waals surface area contributed by atoms with E-state index in [1.54, 1.807) is 49.7 Å². The van der Waals surface area contributed by atoms with Gasteiger partial charge in [-0.15, -0.1) is 11.3 Å². The number of hydrogen-bond donors (Lipinski definition) is 0. The molecule has 1 heterocycles. The fourth-order valence-corrected chi connectivity index (χ4v) is 3.47. The van der Waals surface area contributed by atoms with Crippen LogP contribution in [-0.2, 0) is 17.6 Å². The summed E-state index contributed by atoms with van der Waals surface area (Å²) in [6.07, 6.45) is 2.06. The maximum absolute atomic E-state index is 13.1. The van der Waals surface area contributed by atoms with Crippen molar-refractivity contribution in [2.24, 2.45) is 0 Å². The Labute approximate surface area is 161 Å². The van der Waals surface area contributed by atoms with Crippen LogP contribution in [-0.4, -0.2) is 30.8 Å². The smallest absolute Gasteiger partial charge is 0.197 e. The zero-order valence-electron chi connectivity index (χ0n) is 15.1. The molecule has 0 atom stereocenters. The number of para-hydroxylation sites is 1. The second kappa shape index (κ2) is 8.60. The minimum atomic E-state index is -0.188. The van der Waals surface area contributed by atoms with Crippen LogP contribution in [0, 0.1) is 0 Å². The number of ketones is 2. The molecule has 2 aromatic carbocycles. The van der Waals surface area contributed by atoms with Gasteiger partial charge in [-0.1, -0.05) is 12.1 Å². The normalized spacial score (nSPS) is 10.4. The van der Waals surface area contributed by atoms with Crippen LogP contribution in [0.2, 0.25) is 0 Å². The van der Waals surface area contributed by atoms with Crippen molar-refractivity contribution in [3.8, 4) is 11.5 Å². The minimum Gasteiger partial charge on any atom is -0.497 e. The Hall–Kier alpha value is -2.99. The van der Waals surface area contributed by atoms with E-state index in [1.807, 2.05) is 11.4 Å². The summed E-state index contributed by atoms with van der Waals surface area (Å²) in [7, 11) is 3.08. The van der Waals surface area contributed by atoms with Gasteiger partial charge in [0.1, 0.15) is 17.3 Å². The second-order valence-corrected chi connectivity index (χ2v) is 6.85. The van der Waals surface area contributed by atoms with Crippen LogP contribution in [0.4, 0.5) is 0 Å². The van der Waals surface area contributed by atoms with E-state index in [0.29, 0.717) is 28.2 Å². The molecule has 3 rings (SSSR count). The van der Waals surface area contributed by atoms with Gasteiger partial charge in [0.2, 0.25) is 0 Å². The molecule has 5 nitrogen and oxygen atoms in total. The Kier molecular flexibility index (Phi) is 5.98. The Balaban J connectivity index is 1.93. The van der Waals surface area contributed by atoms with Crippen LogP contribution >= 0.6 is 11.3 Å². The lowest BCUT2D eigenvalue weighted by Gasteiger charge is -2.12. The van der Waals surface area contributed by atoms with Crippen LogP contribution in [0.3, 0.4) is 0 Å². The van der Waals surface area contributed by atoms with E-state index in [2.05, 4.69) is 4.98 Å². The summed E-state index contributed by atoms with van der Waals surface area (Å²) in [6, 6.07) is 12.2. The number of benzene rings is 2. The molecule has 0 aliphatic rings. The van der Waals surface area contributed by atoms with E-state index in [0.717, 1.165) is 5.01 Å². The molecule has 0 radical (unpaired) electrons. The van der Waals surface area contributed by atoms with Crippen molar-refractivity contribution in [3.05, 3.63) is 75.7 Å². The highest BCUT2D eigenvalue weighted by Gasteiger charge is 2.20. The maximum atomic E-state index is 13.1. The summed E-state index contributed by atoms with van der Waals surface area (Å²) in [5.41, 5.74) is 1.55. The molecule has 0 unspecified atom stereocenters. The summed E-state index contributed by atoms with van der Waals surface area (Å²) in [5, 5.41) is 2.60. The number of Topliss-reactive ketones (excluding diaryl/α,β-unsaturated/α-hetero) is 1. The number of hydrogen-bond acceptors (Lipinski definition) is 6. The molecule has 0 spiro atoms. The second-order valence-electron chi connectivity index (χ2n) is 5.87. The monoisotopic (exact) mass is 381 g/mol. The number of thiazole rings is 1. The number of carbonyl (C=O) groups is 2. The number of nitrogens with zero attached hydrogens (tertiary/aromatic N) is 1. The molecule has 1 aromatic heterocycles. The topological polar surface area (TPSA) is 65.5 Å². The van der Waals surface area contributed by atoms with E-state index in [-0.39, 0.29) is 24.4 Å². The molecule has 27 heavy (non-hydrogen) atoms. The first-order chi connectivity index (χ1) is 13.1. The van der Waals surface area contributed by atoms with E-state index in [9.17, 15) is 9.59 Å². The number of ether oxygens (including phenoxy) is 2. The van der Waals surface area contributed by atoms with Crippen molar-refractivity contribution < 1.29 is 19.1 Å². The lowest BCUT2D eigenvalue weighted by molar-refractivity contribution is -0.117. The molecule has 138 valence electrons.